The van der Waals surface area contributed by atoms with Crippen molar-refractivity contribution in [1.29, 1.82) is 0 Å². The minimum Gasteiger partial charge on any atom is -0.310 e. The molecule has 0 heterocycles. The first-order chi connectivity index (χ1) is 30.2. The van der Waals surface area contributed by atoms with Crippen LogP contribution in [0.15, 0.2) is 140 Å². The van der Waals surface area contributed by atoms with Crippen LogP contribution in [-0.2, 0) is 10.8 Å². The van der Waals surface area contributed by atoms with Gasteiger partial charge >= 0.3 is 0 Å². The van der Waals surface area contributed by atoms with Crippen LogP contribution >= 0.6 is 0 Å². The summed E-state index contributed by atoms with van der Waals surface area (Å²) in [6.07, 6.45) is 17.0. The van der Waals surface area contributed by atoms with Crippen molar-refractivity contribution >= 4 is 38.6 Å². The third-order valence-corrected chi connectivity index (χ3v) is 19.2. The molecular weight excluding hydrogens is 735 g/mol. The van der Waals surface area contributed by atoms with Gasteiger partial charge in [-0.2, -0.15) is 0 Å². The molecule has 7 aromatic carbocycles. The smallest absolute Gasteiger partial charge is 0.0543 e. The predicted octanol–water partition coefficient (Wildman–Crippen LogP) is 15.7. The third kappa shape index (κ3) is 4.39. The monoisotopic (exact) mass is 789 g/mol. The summed E-state index contributed by atoms with van der Waals surface area (Å²) in [5.41, 5.74) is 16.8. The van der Waals surface area contributed by atoms with Crippen LogP contribution in [-0.4, -0.2) is 0 Å². The SMILES string of the molecule is c1ccc2c(c1)-c1ccc(N(c3ccc4c(ccc5ccccc54)c3)c3cccc4c3-c3ccccc3C43C4CCC5CC(C4)CC3C5)cc1C21C2CCC3CC(C2)CC1C3. The second-order valence-corrected chi connectivity index (χ2v) is 21.6. The van der Waals surface area contributed by atoms with Crippen molar-refractivity contribution < 1.29 is 0 Å². The number of rotatable bonds is 3. The Balaban J connectivity index is 0.993. The van der Waals surface area contributed by atoms with Crippen LogP contribution in [0.2, 0.25) is 0 Å². The van der Waals surface area contributed by atoms with Gasteiger partial charge < -0.3 is 4.90 Å². The fourth-order valence-electron chi connectivity index (χ4n) is 17.5. The van der Waals surface area contributed by atoms with Crippen molar-refractivity contribution in [3.63, 3.8) is 0 Å². The molecule has 1 nitrogen and oxygen atoms in total. The second-order valence-electron chi connectivity index (χ2n) is 21.6. The molecule has 0 N–H and O–H groups in total. The van der Waals surface area contributed by atoms with Gasteiger partial charge in [0.1, 0.15) is 0 Å². The van der Waals surface area contributed by atoms with Gasteiger partial charge in [-0.05, 0) is 202 Å². The lowest BCUT2D eigenvalue weighted by molar-refractivity contribution is 0.0618. The fourth-order valence-corrected chi connectivity index (χ4v) is 17.5. The minimum absolute atomic E-state index is 0.107. The molecule has 2 spiro atoms. The number of anilines is 3. The Morgan fingerprint density at radius 3 is 1.70 bits per heavy atom. The lowest BCUT2D eigenvalue weighted by atomic mass is 9.50. The summed E-state index contributed by atoms with van der Waals surface area (Å²) in [7, 11) is 0. The van der Waals surface area contributed by atoms with Gasteiger partial charge in [-0.25, -0.2) is 0 Å². The van der Waals surface area contributed by atoms with E-state index in [-0.39, 0.29) is 10.8 Å². The number of benzene rings is 7. The van der Waals surface area contributed by atoms with E-state index < -0.39 is 0 Å². The number of fused-ring (bicyclic) bond motifs is 11. The van der Waals surface area contributed by atoms with Crippen LogP contribution < -0.4 is 4.90 Å². The van der Waals surface area contributed by atoms with Crippen molar-refractivity contribution in [2.75, 3.05) is 4.90 Å². The Labute approximate surface area is 361 Å². The molecule has 10 aliphatic carbocycles. The molecule has 10 unspecified atom stereocenters. The highest BCUT2D eigenvalue weighted by Gasteiger charge is 2.61. The van der Waals surface area contributed by atoms with E-state index in [0.717, 1.165) is 47.3 Å². The molecule has 0 aromatic heterocycles. The van der Waals surface area contributed by atoms with Gasteiger partial charge in [0, 0.05) is 27.8 Å². The molecule has 0 aliphatic heterocycles. The van der Waals surface area contributed by atoms with Crippen LogP contribution in [0.25, 0.3) is 43.8 Å². The molecule has 61 heavy (non-hydrogen) atoms. The summed E-state index contributed by atoms with van der Waals surface area (Å²) in [5.74, 6) is 6.56. The van der Waals surface area contributed by atoms with Gasteiger partial charge in [0.15, 0.2) is 0 Å². The summed E-state index contributed by atoms with van der Waals surface area (Å²) < 4.78 is 0. The number of hydrogen-bond acceptors (Lipinski definition) is 1. The van der Waals surface area contributed by atoms with Crippen LogP contribution in [0.1, 0.15) is 99.3 Å². The molecule has 8 fully saturated rings. The van der Waals surface area contributed by atoms with Crippen LogP contribution in [0.5, 0.6) is 0 Å². The molecule has 10 atom stereocenters. The molecule has 10 aliphatic rings. The standard InChI is InChI=1S/C60H55N/c1-2-9-48-40(8-1)18-19-41-34-46(22-24-49(41)48)61(47-23-25-51-50-10-3-5-12-53(50)60(56(51)35-47)43-21-17-37-27-39(31-43)33-45(60)29-37)57-15-7-14-55-58(57)52-11-4-6-13-54(52)59(55)42-20-16-36-26-38(30-42)32-44(59)28-36/h1-15,18-19,22-25,34-39,42-45H,16-17,20-21,26-33H2. The van der Waals surface area contributed by atoms with E-state index in [0.29, 0.717) is 0 Å². The molecule has 17 rings (SSSR count). The largest absolute Gasteiger partial charge is 0.310 e. The average molecular weight is 790 g/mol. The van der Waals surface area contributed by atoms with Crippen molar-refractivity contribution in [2.45, 2.75) is 87.9 Å². The molecule has 300 valence electrons. The Morgan fingerprint density at radius 2 is 0.918 bits per heavy atom. The Hall–Kier alpha value is -5.14. The van der Waals surface area contributed by atoms with Gasteiger partial charge in [0.25, 0.3) is 0 Å². The molecule has 0 amide bonds. The lowest BCUT2D eigenvalue weighted by Crippen LogP contribution is -2.48. The maximum Gasteiger partial charge on any atom is 0.0543 e. The van der Waals surface area contributed by atoms with Crippen molar-refractivity contribution in [1.82, 2.24) is 0 Å². The zero-order chi connectivity index (χ0) is 39.6. The first-order valence-electron chi connectivity index (χ1n) is 24.4. The molecule has 8 saturated carbocycles. The number of nitrogens with zero attached hydrogens (tertiary/aromatic N) is 1. The first kappa shape index (κ1) is 34.4. The van der Waals surface area contributed by atoms with Crippen LogP contribution in [0, 0.1) is 47.3 Å². The second kappa shape index (κ2) is 12.3. The van der Waals surface area contributed by atoms with Gasteiger partial charge in [-0.3, -0.25) is 0 Å². The quantitative estimate of drug-likeness (QED) is 0.161. The van der Waals surface area contributed by atoms with E-state index in [4.69, 9.17) is 0 Å². The molecule has 7 aromatic rings. The molecule has 0 saturated heterocycles. The van der Waals surface area contributed by atoms with Gasteiger partial charge in [-0.15, -0.1) is 0 Å². The third-order valence-electron chi connectivity index (χ3n) is 19.2. The highest BCUT2D eigenvalue weighted by Crippen LogP contribution is 2.70. The summed E-state index contributed by atoms with van der Waals surface area (Å²) in [6, 6.07) is 55.8. The lowest BCUT2D eigenvalue weighted by Gasteiger charge is -2.53. The maximum atomic E-state index is 2.74. The summed E-state index contributed by atoms with van der Waals surface area (Å²) in [6.45, 7) is 0. The van der Waals surface area contributed by atoms with E-state index in [1.807, 2.05) is 0 Å². The van der Waals surface area contributed by atoms with E-state index >= 15 is 0 Å². The Bertz CT molecular complexity index is 2970. The minimum atomic E-state index is 0.107. The zero-order valence-corrected chi connectivity index (χ0v) is 35.3. The van der Waals surface area contributed by atoms with Crippen molar-refractivity contribution in [3.05, 3.63) is 162 Å². The van der Waals surface area contributed by atoms with Crippen LogP contribution in [0.3, 0.4) is 0 Å². The zero-order valence-electron chi connectivity index (χ0n) is 35.3. The van der Waals surface area contributed by atoms with Gasteiger partial charge in [-0.1, -0.05) is 122 Å². The van der Waals surface area contributed by atoms with E-state index in [9.17, 15) is 0 Å². The van der Waals surface area contributed by atoms with Crippen LogP contribution in [0.4, 0.5) is 17.1 Å². The van der Waals surface area contributed by atoms with Gasteiger partial charge in [0.2, 0.25) is 0 Å². The molecular formula is C60H55N. The van der Waals surface area contributed by atoms with Crippen molar-refractivity contribution in [3.8, 4) is 22.3 Å². The van der Waals surface area contributed by atoms with E-state index in [2.05, 4.69) is 144 Å². The summed E-state index contributed by atoms with van der Waals surface area (Å²) in [4.78, 5) is 2.73. The van der Waals surface area contributed by atoms with E-state index in [1.54, 1.807) is 22.3 Å². The molecule has 1 heteroatoms. The highest BCUT2D eigenvalue weighted by atomic mass is 15.1. The van der Waals surface area contributed by atoms with E-state index in [1.165, 1.54) is 138 Å². The fraction of sp³-hybridized carbons (Fsp3) is 0.367. The Kier molecular flexibility index (Phi) is 6.93. The van der Waals surface area contributed by atoms with Crippen molar-refractivity contribution in [2.24, 2.45) is 47.3 Å². The Morgan fingerprint density at radius 1 is 0.361 bits per heavy atom. The summed E-state index contributed by atoms with van der Waals surface area (Å²) >= 11 is 0. The maximum absolute atomic E-state index is 2.74. The predicted molar refractivity (Wildman–Crippen MR) is 252 cm³/mol. The van der Waals surface area contributed by atoms with Gasteiger partial charge in [0.05, 0.1) is 5.69 Å². The highest BCUT2D eigenvalue weighted by molar-refractivity contribution is 6.09. The molecule has 0 radical (unpaired) electrons. The first-order valence-corrected chi connectivity index (χ1v) is 24.4. The molecule has 8 bridgehead atoms. The summed E-state index contributed by atoms with van der Waals surface area (Å²) in [5, 5.41) is 5.29. The average Bonchev–Trinajstić information content (AvgIpc) is 3.53. The number of hydrogen-bond donors (Lipinski definition) is 0. The topological polar surface area (TPSA) is 3.24 Å². The normalized spacial score (nSPS) is 32.9.